The van der Waals surface area contributed by atoms with Crippen LogP contribution >= 0.6 is 0 Å². The predicted molar refractivity (Wildman–Crippen MR) is 74.4 cm³/mol. The van der Waals surface area contributed by atoms with Gasteiger partial charge in [-0.2, -0.15) is 10.5 Å². The van der Waals surface area contributed by atoms with E-state index < -0.39 is 0 Å². The van der Waals surface area contributed by atoms with E-state index in [0.29, 0.717) is 35.2 Å². The molecule has 4 N–H and O–H groups in total. The zero-order valence-electron chi connectivity index (χ0n) is 11.4. The fourth-order valence-corrected chi connectivity index (χ4v) is 1.65. The van der Waals surface area contributed by atoms with Crippen LogP contribution in [0.2, 0.25) is 0 Å². The van der Waals surface area contributed by atoms with Gasteiger partial charge in [0.25, 0.3) is 0 Å². The molecule has 0 saturated carbocycles. The van der Waals surface area contributed by atoms with E-state index in [0.717, 1.165) is 0 Å². The molecule has 104 valence electrons. The van der Waals surface area contributed by atoms with E-state index in [1.165, 1.54) is 0 Å². The van der Waals surface area contributed by atoms with Crippen molar-refractivity contribution in [3.8, 4) is 23.6 Å². The summed E-state index contributed by atoms with van der Waals surface area (Å²) < 4.78 is 10.9. The highest BCUT2D eigenvalue weighted by Gasteiger charge is 2.08. The minimum absolute atomic E-state index is 0.0106. The lowest BCUT2D eigenvalue weighted by molar-refractivity contribution is 0.326. The van der Waals surface area contributed by atoms with Crippen LogP contribution in [0.5, 0.6) is 11.5 Å². The maximum Gasteiger partial charge on any atom is 0.130 e. The van der Waals surface area contributed by atoms with Gasteiger partial charge in [-0.05, 0) is 26.0 Å². The highest BCUT2D eigenvalue weighted by Crippen LogP contribution is 2.09. The number of rotatable bonds is 4. The summed E-state index contributed by atoms with van der Waals surface area (Å²) in [5.41, 5.74) is 11.4. The molecule has 0 amide bonds. The number of benzene rings is 1. The molecule has 0 atom stereocenters. The number of ether oxygens (including phenoxy) is 2. The first kappa shape index (κ1) is 15.2. The van der Waals surface area contributed by atoms with Crippen LogP contribution < -0.4 is 31.4 Å². The third kappa shape index (κ3) is 3.12. The van der Waals surface area contributed by atoms with Gasteiger partial charge in [-0.15, -0.1) is 0 Å². The van der Waals surface area contributed by atoms with Crippen LogP contribution in [0.1, 0.15) is 13.8 Å². The first-order chi connectivity index (χ1) is 9.58. The maximum absolute atomic E-state index is 8.94. The van der Waals surface area contributed by atoms with E-state index in [2.05, 4.69) is 0 Å². The summed E-state index contributed by atoms with van der Waals surface area (Å²) in [4.78, 5) is 0. The number of hydrogen-bond donors (Lipinski definition) is 2. The molecular formula is C14H16N4O2. The number of nitriles is 2. The molecule has 1 rings (SSSR count). The van der Waals surface area contributed by atoms with Crippen LogP contribution in [-0.4, -0.2) is 13.2 Å². The Morgan fingerprint density at radius 2 is 1.30 bits per heavy atom. The van der Waals surface area contributed by atoms with Gasteiger partial charge in [0.2, 0.25) is 0 Å². The monoisotopic (exact) mass is 272 g/mol. The van der Waals surface area contributed by atoms with Crippen molar-refractivity contribution in [1.82, 2.24) is 0 Å². The molecule has 0 bridgehead atoms. The van der Waals surface area contributed by atoms with Gasteiger partial charge in [0, 0.05) is 0 Å². The van der Waals surface area contributed by atoms with Crippen molar-refractivity contribution in [3.05, 3.63) is 22.6 Å². The summed E-state index contributed by atoms with van der Waals surface area (Å²) in [6.07, 6.45) is 0. The maximum atomic E-state index is 8.94. The Kier molecular flexibility index (Phi) is 5.25. The standard InChI is InChI=1S/C14H16N4O2/c1-3-19-13-5-10(12(18)8-16)14(20-4-2)6-9(13)11(17)7-15/h5-6H,3-4,17-18H2,1-2H3. The second-order valence-electron chi connectivity index (χ2n) is 3.76. The normalized spacial score (nSPS) is 12.8. The SMILES string of the molecule is CCOc1cc(=C(N)C#N)c(OCC)cc1=C(N)C#N. The summed E-state index contributed by atoms with van der Waals surface area (Å²) in [5.74, 6) is 0.784. The largest absolute Gasteiger partial charge is 0.493 e. The second-order valence-corrected chi connectivity index (χ2v) is 3.76. The average molecular weight is 272 g/mol. The van der Waals surface area contributed by atoms with Gasteiger partial charge in [-0.1, -0.05) is 0 Å². The van der Waals surface area contributed by atoms with Gasteiger partial charge in [-0.25, -0.2) is 0 Å². The van der Waals surface area contributed by atoms with Crippen molar-refractivity contribution in [3.63, 3.8) is 0 Å². The van der Waals surface area contributed by atoms with Crippen LogP contribution in [0.25, 0.3) is 11.4 Å². The summed E-state index contributed by atoms with van der Waals surface area (Å²) in [6.45, 7) is 4.40. The number of hydrogen-bond acceptors (Lipinski definition) is 6. The molecule has 6 heteroatoms. The Morgan fingerprint density at radius 3 is 1.55 bits per heavy atom. The lowest BCUT2D eigenvalue weighted by Gasteiger charge is -2.10. The van der Waals surface area contributed by atoms with E-state index in [1.54, 1.807) is 26.0 Å². The van der Waals surface area contributed by atoms with Gasteiger partial charge < -0.3 is 20.9 Å². The van der Waals surface area contributed by atoms with Gasteiger partial charge in [0.1, 0.15) is 35.0 Å². The van der Waals surface area contributed by atoms with Crippen LogP contribution in [0, 0.1) is 22.7 Å². The minimum Gasteiger partial charge on any atom is -0.493 e. The van der Waals surface area contributed by atoms with Crippen molar-refractivity contribution >= 4 is 11.4 Å². The topological polar surface area (TPSA) is 118 Å². The van der Waals surface area contributed by atoms with Gasteiger partial charge in [0.05, 0.1) is 23.7 Å². The van der Waals surface area contributed by atoms with Crippen molar-refractivity contribution in [1.29, 1.82) is 10.5 Å². The fraction of sp³-hybridized carbons (Fsp3) is 0.286. The Morgan fingerprint density at radius 1 is 0.950 bits per heavy atom. The van der Waals surface area contributed by atoms with Gasteiger partial charge >= 0.3 is 0 Å². The molecule has 1 aromatic rings. The smallest absolute Gasteiger partial charge is 0.130 e. The van der Waals surface area contributed by atoms with Gasteiger partial charge in [0.15, 0.2) is 0 Å². The highest BCUT2D eigenvalue weighted by molar-refractivity contribution is 5.63. The van der Waals surface area contributed by atoms with Gasteiger partial charge in [-0.3, -0.25) is 0 Å². The molecule has 0 aromatic heterocycles. The average Bonchev–Trinajstić information content (AvgIpc) is 2.47. The highest BCUT2D eigenvalue weighted by atomic mass is 16.5. The molecule has 1 aromatic carbocycles. The Balaban J connectivity index is 3.81. The Hall–Kier alpha value is -2.86. The summed E-state index contributed by atoms with van der Waals surface area (Å²) in [5, 5.41) is 18.7. The molecule has 0 saturated heterocycles. The van der Waals surface area contributed by atoms with Crippen LogP contribution in [-0.2, 0) is 0 Å². The fourth-order valence-electron chi connectivity index (χ4n) is 1.65. The van der Waals surface area contributed by atoms with E-state index in [9.17, 15) is 0 Å². The third-order valence-electron chi connectivity index (χ3n) is 2.50. The number of nitrogens with two attached hydrogens (primary N) is 2. The minimum atomic E-state index is 0.0106. The van der Waals surface area contributed by atoms with Crippen molar-refractivity contribution in [2.24, 2.45) is 11.5 Å². The zero-order valence-corrected chi connectivity index (χ0v) is 11.4. The third-order valence-corrected chi connectivity index (χ3v) is 2.50. The van der Waals surface area contributed by atoms with Crippen molar-refractivity contribution < 1.29 is 9.47 Å². The Labute approximate surface area is 117 Å². The van der Waals surface area contributed by atoms with E-state index in [-0.39, 0.29) is 11.4 Å². The van der Waals surface area contributed by atoms with Crippen LogP contribution in [0.15, 0.2) is 12.1 Å². The van der Waals surface area contributed by atoms with E-state index in [4.69, 9.17) is 31.5 Å². The molecule has 0 spiro atoms. The van der Waals surface area contributed by atoms with Crippen molar-refractivity contribution in [2.75, 3.05) is 13.2 Å². The molecule has 0 unspecified atom stereocenters. The summed E-state index contributed by atoms with van der Waals surface area (Å²) in [7, 11) is 0. The molecule has 0 aliphatic heterocycles. The molecule has 6 nitrogen and oxygen atoms in total. The Bertz CT molecular complexity index is 634. The second kappa shape index (κ2) is 6.91. The van der Waals surface area contributed by atoms with E-state index in [1.807, 2.05) is 12.1 Å². The molecular weight excluding hydrogens is 256 g/mol. The molecule has 0 radical (unpaired) electrons. The predicted octanol–water partition coefficient (Wildman–Crippen LogP) is -0.335. The number of nitrogens with zero attached hydrogens (tertiary/aromatic N) is 2. The molecule has 0 aliphatic rings. The summed E-state index contributed by atoms with van der Waals surface area (Å²) in [6, 6.07) is 6.86. The molecule has 0 fully saturated rings. The first-order valence-corrected chi connectivity index (χ1v) is 6.08. The zero-order chi connectivity index (χ0) is 15.1. The van der Waals surface area contributed by atoms with Crippen LogP contribution in [0.3, 0.4) is 0 Å². The van der Waals surface area contributed by atoms with Crippen molar-refractivity contribution in [2.45, 2.75) is 13.8 Å². The lowest BCUT2D eigenvalue weighted by atomic mass is 10.1. The van der Waals surface area contributed by atoms with E-state index >= 15 is 0 Å². The summed E-state index contributed by atoms with van der Waals surface area (Å²) >= 11 is 0. The molecule has 0 heterocycles. The van der Waals surface area contributed by atoms with Crippen LogP contribution in [0.4, 0.5) is 0 Å². The molecule has 20 heavy (non-hydrogen) atoms. The molecule has 0 aliphatic carbocycles. The lowest BCUT2D eigenvalue weighted by Crippen LogP contribution is -2.23. The quantitative estimate of drug-likeness (QED) is 0.774. The first-order valence-electron chi connectivity index (χ1n) is 6.08.